The lowest BCUT2D eigenvalue weighted by Gasteiger charge is -2.19. The van der Waals surface area contributed by atoms with E-state index in [1.807, 2.05) is 6.20 Å². The van der Waals surface area contributed by atoms with Crippen LogP contribution in [0.3, 0.4) is 0 Å². The van der Waals surface area contributed by atoms with Gasteiger partial charge >= 0.3 is 0 Å². The van der Waals surface area contributed by atoms with Crippen molar-refractivity contribution in [3.05, 3.63) is 17.5 Å². The second-order valence-electron chi connectivity index (χ2n) is 3.22. The predicted octanol–water partition coefficient (Wildman–Crippen LogP) is 0.473. The standard InChI is InChI=1S/C8H13N3/c9-4-6-1-2-8-7(3-6)5-10-11-8/h5-6H,1-4,9H2,(H,10,11). The second-order valence-corrected chi connectivity index (χ2v) is 3.22. The summed E-state index contributed by atoms with van der Waals surface area (Å²) in [5.41, 5.74) is 8.28. The largest absolute Gasteiger partial charge is 0.330 e. The number of aryl methyl sites for hydroxylation is 1. The van der Waals surface area contributed by atoms with Crippen LogP contribution in [0.25, 0.3) is 0 Å². The van der Waals surface area contributed by atoms with Crippen LogP contribution in [0.15, 0.2) is 6.20 Å². The number of rotatable bonds is 1. The van der Waals surface area contributed by atoms with Crippen LogP contribution in [-0.4, -0.2) is 16.7 Å². The number of nitrogens with one attached hydrogen (secondary N) is 1. The molecule has 60 valence electrons. The molecule has 3 N–H and O–H groups in total. The first-order valence-corrected chi connectivity index (χ1v) is 4.11. The van der Waals surface area contributed by atoms with E-state index in [9.17, 15) is 0 Å². The van der Waals surface area contributed by atoms with Gasteiger partial charge in [-0.3, -0.25) is 5.10 Å². The molecule has 0 saturated heterocycles. The maximum Gasteiger partial charge on any atom is 0.0522 e. The Kier molecular flexibility index (Phi) is 1.66. The first-order chi connectivity index (χ1) is 5.40. The van der Waals surface area contributed by atoms with Crippen molar-refractivity contribution in [1.29, 1.82) is 0 Å². The van der Waals surface area contributed by atoms with E-state index in [0.717, 1.165) is 19.4 Å². The van der Waals surface area contributed by atoms with Crippen LogP contribution in [0.5, 0.6) is 0 Å². The highest BCUT2D eigenvalue weighted by Crippen LogP contribution is 2.22. The molecule has 1 heterocycles. The van der Waals surface area contributed by atoms with Crippen LogP contribution >= 0.6 is 0 Å². The van der Waals surface area contributed by atoms with Gasteiger partial charge in [0.2, 0.25) is 0 Å². The zero-order chi connectivity index (χ0) is 7.68. The van der Waals surface area contributed by atoms with Crippen molar-refractivity contribution in [1.82, 2.24) is 10.2 Å². The summed E-state index contributed by atoms with van der Waals surface area (Å²) in [6.45, 7) is 0.810. The van der Waals surface area contributed by atoms with Crippen molar-refractivity contribution in [2.45, 2.75) is 19.3 Å². The Balaban J connectivity index is 2.18. The number of H-pyrrole nitrogens is 1. The van der Waals surface area contributed by atoms with Crippen molar-refractivity contribution in [2.75, 3.05) is 6.54 Å². The van der Waals surface area contributed by atoms with Crippen LogP contribution < -0.4 is 5.73 Å². The molecule has 3 heteroatoms. The highest BCUT2D eigenvalue weighted by atomic mass is 15.1. The van der Waals surface area contributed by atoms with Gasteiger partial charge in [-0.25, -0.2) is 0 Å². The van der Waals surface area contributed by atoms with Crippen LogP contribution in [0.1, 0.15) is 17.7 Å². The first kappa shape index (κ1) is 6.85. The molecule has 1 atom stereocenters. The molecular formula is C8H13N3. The lowest BCUT2D eigenvalue weighted by atomic mass is 9.88. The van der Waals surface area contributed by atoms with Crippen molar-refractivity contribution >= 4 is 0 Å². The normalized spacial score (nSPS) is 23.2. The van der Waals surface area contributed by atoms with Crippen LogP contribution in [-0.2, 0) is 12.8 Å². The van der Waals surface area contributed by atoms with Crippen molar-refractivity contribution in [3.8, 4) is 0 Å². The maximum absolute atomic E-state index is 5.60. The monoisotopic (exact) mass is 151 g/mol. The Morgan fingerprint density at radius 2 is 2.64 bits per heavy atom. The highest BCUT2D eigenvalue weighted by molar-refractivity contribution is 5.19. The number of aromatic amines is 1. The van der Waals surface area contributed by atoms with Crippen molar-refractivity contribution in [2.24, 2.45) is 11.7 Å². The third kappa shape index (κ3) is 1.16. The molecule has 2 rings (SSSR count). The number of hydrogen-bond donors (Lipinski definition) is 2. The fourth-order valence-electron chi connectivity index (χ4n) is 1.69. The lowest BCUT2D eigenvalue weighted by molar-refractivity contribution is 0.466. The number of aromatic nitrogens is 2. The molecule has 0 amide bonds. The first-order valence-electron chi connectivity index (χ1n) is 4.11. The Morgan fingerprint density at radius 3 is 3.45 bits per heavy atom. The molecule has 3 nitrogen and oxygen atoms in total. The summed E-state index contributed by atoms with van der Waals surface area (Å²) in [4.78, 5) is 0. The van der Waals surface area contributed by atoms with Crippen molar-refractivity contribution in [3.63, 3.8) is 0 Å². The number of fused-ring (bicyclic) bond motifs is 1. The molecule has 11 heavy (non-hydrogen) atoms. The van der Waals surface area contributed by atoms with Gasteiger partial charge in [-0.05, 0) is 37.3 Å². The fourth-order valence-corrected chi connectivity index (χ4v) is 1.69. The van der Waals surface area contributed by atoms with Crippen LogP contribution in [0, 0.1) is 5.92 Å². The second kappa shape index (κ2) is 2.66. The van der Waals surface area contributed by atoms with Gasteiger partial charge in [0.05, 0.1) is 6.20 Å². The van der Waals surface area contributed by atoms with Gasteiger partial charge in [0.15, 0.2) is 0 Å². The van der Waals surface area contributed by atoms with Gasteiger partial charge in [-0.1, -0.05) is 0 Å². The van der Waals surface area contributed by atoms with E-state index >= 15 is 0 Å². The SMILES string of the molecule is NCC1CCc2[nH]ncc2C1. The highest BCUT2D eigenvalue weighted by Gasteiger charge is 2.18. The lowest BCUT2D eigenvalue weighted by Crippen LogP contribution is -2.21. The van der Waals surface area contributed by atoms with Crippen LogP contribution in [0.2, 0.25) is 0 Å². The summed E-state index contributed by atoms with van der Waals surface area (Å²) in [7, 11) is 0. The molecule has 1 aliphatic rings. The molecular weight excluding hydrogens is 138 g/mol. The molecule has 0 saturated carbocycles. The molecule has 0 aliphatic heterocycles. The van der Waals surface area contributed by atoms with E-state index in [2.05, 4.69) is 10.2 Å². The number of nitrogens with zero attached hydrogens (tertiary/aromatic N) is 1. The van der Waals surface area contributed by atoms with E-state index in [4.69, 9.17) is 5.73 Å². The summed E-state index contributed by atoms with van der Waals surface area (Å²) in [6, 6.07) is 0. The van der Waals surface area contributed by atoms with Gasteiger partial charge in [-0.15, -0.1) is 0 Å². The topological polar surface area (TPSA) is 54.7 Å². The molecule has 0 fully saturated rings. The summed E-state index contributed by atoms with van der Waals surface area (Å²) in [6.07, 6.45) is 5.38. The van der Waals surface area contributed by atoms with E-state index < -0.39 is 0 Å². The predicted molar refractivity (Wildman–Crippen MR) is 43.2 cm³/mol. The smallest absolute Gasteiger partial charge is 0.0522 e. The summed E-state index contributed by atoms with van der Waals surface area (Å²) >= 11 is 0. The van der Waals surface area contributed by atoms with Gasteiger partial charge in [-0.2, -0.15) is 5.10 Å². The van der Waals surface area contributed by atoms with Gasteiger partial charge in [0.1, 0.15) is 0 Å². The third-order valence-electron chi connectivity index (χ3n) is 2.45. The minimum atomic E-state index is 0.681. The molecule has 1 aromatic heterocycles. The Bertz CT molecular complexity index is 241. The molecule has 0 radical (unpaired) electrons. The van der Waals surface area contributed by atoms with Gasteiger partial charge in [0.25, 0.3) is 0 Å². The van der Waals surface area contributed by atoms with E-state index in [1.165, 1.54) is 17.7 Å². The molecule has 0 spiro atoms. The summed E-state index contributed by atoms with van der Waals surface area (Å²) in [5, 5.41) is 7.02. The van der Waals surface area contributed by atoms with Gasteiger partial charge < -0.3 is 5.73 Å². The fraction of sp³-hybridized carbons (Fsp3) is 0.625. The number of nitrogens with two attached hydrogens (primary N) is 1. The van der Waals surface area contributed by atoms with Gasteiger partial charge in [0, 0.05) is 5.69 Å². The third-order valence-corrected chi connectivity index (χ3v) is 2.45. The zero-order valence-electron chi connectivity index (χ0n) is 6.51. The average molecular weight is 151 g/mol. The quantitative estimate of drug-likeness (QED) is 0.613. The molecule has 0 aromatic carbocycles. The number of hydrogen-bond acceptors (Lipinski definition) is 2. The van der Waals surface area contributed by atoms with E-state index in [0.29, 0.717) is 5.92 Å². The summed E-state index contributed by atoms with van der Waals surface area (Å²) in [5.74, 6) is 0.681. The average Bonchev–Trinajstić information content (AvgIpc) is 2.50. The molecule has 1 aliphatic carbocycles. The minimum absolute atomic E-state index is 0.681. The zero-order valence-corrected chi connectivity index (χ0v) is 6.51. The molecule has 0 bridgehead atoms. The Labute approximate surface area is 66.0 Å². The van der Waals surface area contributed by atoms with E-state index in [-0.39, 0.29) is 0 Å². The molecule has 1 unspecified atom stereocenters. The Hall–Kier alpha value is -0.830. The van der Waals surface area contributed by atoms with E-state index in [1.54, 1.807) is 0 Å². The maximum atomic E-state index is 5.60. The van der Waals surface area contributed by atoms with Crippen LogP contribution in [0.4, 0.5) is 0 Å². The summed E-state index contributed by atoms with van der Waals surface area (Å²) < 4.78 is 0. The minimum Gasteiger partial charge on any atom is -0.330 e. The van der Waals surface area contributed by atoms with Crippen molar-refractivity contribution < 1.29 is 0 Å². The Morgan fingerprint density at radius 1 is 1.73 bits per heavy atom. The molecule has 1 aromatic rings.